The first kappa shape index (κ1) is 17.3. The van der Waals surface area contributed by atoms with Crippen LogP contribution in [0.5, 0.6) is 17.2 Å². The van der Waals surface area contributed by atoms with Gasteiger partial charge < -0.3 is 14.9 Å². The minimum absolute atomic E-state index is 0.0475. The van der Waals surface area contributed by atoms with Crippen LogP contribution in [-0.4, -0.2) is 27.0 Å². The van der Waals surface area contributed by atoms with Crippen molar-refractivity contribution in [3.63, 3.8) is 0 Å². The first-order valence-corrected chi connectivity index (χ1v) is 8.75. The number of hydrogen-bond donors (Lipinski definition) is 2. The third-order valence-corrected chi connectivity index (χ3v) is 4.77. The number of thioether (sulfide) groups is 1. The van der Waals surface area contributed by atoms with Crippen molar-refractivity contribution in [2.45, 2.75) is 6.92 Å². The highest BCUT2D eigenvalue weighted by molar-refractivity contribution is 8.27. The summed E-state index contributed by atoms with van der Waals surface area (Å²) in [6.07, 6.45) is 1.70. The van der Waals surface area contributed by atoms with E-state index in [0.717, 1.165) is 5.56 Å². The molecule has 1 amide bonds. The van der Waals surface area contributed by atoms with E-state index in [9.17, 15) is 15.0 Å². The van der Waals surface area contributed by atoms with Gasteiger partial charge in [-0.1, -0.05) is 36.1 Å². The fraction of sp³-hybridized carbons (Fsp3) is 0.111. The Morgan fingerprint density at radius 1 is 1.24 bits per heavy atom. The molecule has 128 valence electrons. The van der Waals surface area contributed by atoms with Gasteiger partial charge in [0, 0.05) is 6.07 Å². The molecule has 1 fully saturated rings. The number of benzene rings is 2. The maximum absolute atomic E-state index is 12.7. The van der Waals surface area contributed by atoms with Crippen molar-refractivity contribution in [3.05, 3.63) is 52.9 Å². The summed E-state index contributed by atoms with van der Waals surface area (Å²) in [7, 11) is 0. The Morgan fingerprint density at radius 2 is 2.04 bits per heavy atom. The lowest BCUT2D eigenvalue weighted by Gasteiger charge is -2.14. The molecule has 0 aliphatic carbocycles. The number of amides is 1. The zero-order chi connectivity index (χ0) is 18.0. The molecule has 0 unspecified atom stereocenters. The van der Waals surface area contributed by atoms with Crippen LogP contribution in [-0.2, 0) is 4.79 Å². The van der Waals surface area contributed by atoms with Crippen LogP contribution in [0.25, 0.3) is 6.08 Å². The lowest BCUT2D eigenvalue weighted by molar-refractivity contribution is -0.113. The van der Waals surface area contributed by atoms with Crippen molar-refractivity contribution in [2.75, 3.05) is 11.5 Å². The molecule has 0 atom stereocenters. The molecule has 25 heavy (non-hydrogen) atoms. The number of aromatic hydroxyl groups is 2. The zero-order valence-corrected chi connectivity index (χ0v) is 14.9. The summed E-state index contributed by atoms with van der Waals surface area (Å²) in [5.41, 5.74) is 1.24. The number of phenols is 2. The SMILES string of the molecule is CCOc1cc(/C=C2/SC(=S)N(c3cccc(O)c3)C2=O)ccc1O. The second-order valence-corrected chi connectivity index (χ2v) is 6.87. The topological polar surface area (TPSA) is 70.0 Å². The second kappa shape index (κ2) is 7.16. The van der Waals surface area contributed by atoms with Crippen LogP contribution in [0, 0.1) is 0 Å². The summed E-state index contributed by atoms with van der Waals surface area (Å²) < 4.78 is 5.75. The minimum Gasteiger partial charge on any atom is -0.508 e. The Balaban J connectivity index is 1.92. The standard InChI is InChI=1S/C18H15NO4S2/c1-2-23-15-8-11(6-7-14(15)21)9-16-17(22)19(18(24)25-16)12-4-3-5-13(20)10-12/h3-10,20-21H,2H2,1H3/b16-9+. The van der Waals surface area contributed by atoms with Gasteiger partial charge in [0.15, 0.2) is 15.8 Å². The van der Waals surface area contributed by atoms with E-state index >= 15 is 0 Å². The summed E-state index contributed by atoms with van der Waals surface area (Å²) in [5, 5.41) is 19.4. The summed E-state index contributed by atoms with van der Waals surface area (Å²) in [5.74, 6) is 0.216. The zero-order valence-electron chi connectivity index (χ0n) is 13.3. The highest BCUT2D eigenvalue weighted by Gasteiger charge is 2.33. The Bertz CT molecular complexity index is 879. The molecule has 2 N–H and O–H groups in total. The van der Waals surface area contributed by atoms with Crippen molar-refractivity contribution in [2.24, 2.45) is 0 Å². The molecular weight excluding hydrogens is 358 g/mol. The molecular formula is C18H15NO4S2. The maximum atomic E-state index is 12.7. The van der Waals surface area contributed by atoms with Crippen molar-refractivity contribution < 1.29 is 19.7 Å². The van der Waals surface area contributed by atoms with Gasteiger partial charge in [0.25, 0.3) is 5.91 Å². The lowest BCUT2D eigenvalue weighted by Crippen LogP contribution is -2.27. The summed E-state index contributed by atoms with van der Waals surface area (Å²) in [4.78, 5) is 14.5. The van der Waals surface area contributed by atoms with Crippen LogP contribution in [0.1, 0.15) is 12.5 Å². The molecule has 0 aromatic heterocycles. The molecule has 1 saturated heterocycles. The van der Waals surface area contributed by atoms with Crippen LogP contribution in [0.3, 0.4) is 0 Å². The van der Waals surface area contributed by atoms with Gasteiger partial charge in [0.05, 0.1) is 17.2 Å². The predicted octanol–water partition coefficient (Wildman–Crippen LogP) is 3.90. The van der Waals surface area contributed by atoms with E-state index in [2.05, 4.69) is 0 Å². The molecule has 1 heterocycles. The number of anilines is 1. The van der Waals surface area contributed by atoms with Crippen molar-refractivity contribution in [1.82, 2.24) is 0 Å². The van der Waals surface area contributed by atoms with E-state index in [0.29, 0.717) is 27.3 Å². The number of rotatable bonds is 4. The molecule has 2 aromatic rings. The minimum atomic E-state index is -0.258. The highest BCUT2D eigenvalue weighted by atomic mass is 32.2. The molecule has 5 nitrogen and oxygen atoms in total. The molecule has 7 heteroatoms. The van der Waals surface area contributed by atoms with Crippen molar-refractivity contribution >= 4 is 46.0 Å². The maximum Gasteiger partial charge on any atom is 0.270 e. The number of carbonyl (C=O) groups is 1. The molecule has 0 radical (unpaired) electrons. The van der Waals surface area contributed by atoms with E-state index in [1.54, 1.807) is 30.3 Å². The van der Waals surface area contributed by atoms with Gasteiger partial charge >= 0.3 is 0 Å². The third kappa shape index (κ3) is 3.62. The molecule has 0 spiro atoms. The number of phenolic OH excluding ortho intramolecular Hbond substituents is 2. The van der Waals surface area contributed by atoms with Gasteiger partial charge in [-0.2, -0.15) is 0 Å². The van der Waals surface area contributed by atoms with Gasteiger partial charge in [-0.15, -0.1) is 0 Å². The van der Waals surface area contributed by atoms with Gasteiger partial charge in [0.2, 0.25) is 0 Å². The van der Waals surface area contributed by atoms with Crippen LogP contribution in [0.4, 0.5) is 5.69 Å². The Kier molecular flexibility index (Phi) is 4.96. The van der Waals surface area contributed by atoms with E-state index in [4.69, 9.17) is 17.0 Å². The number of ether oxygens (including phenoxy) is 1. The van der Waals surface area contributed by atoms with Gasteiger partial charge in [-0.05, 0) is 42.8 Å². The lowest BCUT2D eigenvalue weighted by atomic mass is 10.2. The molecule has 3 rings (SSSR count). The summed E-state index contributed by atoms with van der Waals surface area (Å²) in [6.45, 7) is 2.25. The molecule has 1 aliphatic heterocycles. The highest BCUT2D eigenvalue weighted by Crippen LogP contribution is 2.37. The Morgan fingerprint density at radius 3 is 2.76 bits per heavy atom. The quantitative estimate of drug-likeness (QED) is 0.626. The van der Waals surface area contributed by atoms with Crippen LogP contribution < -0.4 is 9.64 Å². The Hall–Kier alpha value is -2.51. The number of thiocarbonyl (C=S) groups is 1. The number of carbonyl (C=O) groups excluding carboxylic acids is 1. The third-order valence-electron chi connectivity index (χ3n) is 3.46. The molecule has 0 saturated carbocycles. The van der Waals surface area contributed by atoms with Crippen molar-refractivity contribution in [3.8, 4) is 17.2 Å². The van der Waals surface area contributed by atoms with E-state index < -0.39 is 0 Å². The summed E-state index contributed by atoms with van der Waals surface area (Å²) >= 11 is 6.49. The van der Waals surface area contributed by atoms with Crippen LogP contribution in [0.2, 0.25) is 0 Å². The number of hydrogen-bond acceptors (Lipinski definition) is 6. The first-order chi connectivity index (χ1) is 12.0. The molecule has 2 aromatic carbocycles. The predicted molar refractivity (Wildman–Crippen MR) is 103 cm³/mol. The molecule has 0 bridgehead atoms. The van der Waals surface area contributed by atoms with Gasteiger partial charge in [-0.3, -0.25) is 9.69 Å². The van der Waals surface area contributed by atoms with Gasteiger partial charge in [-0.25, -0.2) is 0 Å². The fourth-order valence-electron chi connectivity index (χ4n) is 2.37. The summed E-state index contributed by atoms with van der Waals surface area (Å²) in [6, 6.07) is 11.3. The first-order valence-electron chi connectivity index (χ1n) is 7.52. The average Bonchev–Trinajstić information content (AvgIpc) is 2.85. The largest absolute Gasteiger partial charge is 0.508 e. The average molecular weight is 373 g/mol. The van der Waals surface area contributed by atoms with Crippen molar-refractivity contribution in [1.29, 1.82) is 0 Å². The van der Waals surface area contributed by atoms with Crippen LogP contribution >= 0.6 is 24.0 Å². The monoisotopic (exact) mass is 373 g/mol. The second-order valence-electron chi connectivity index (χ2n) is 5.20. The smallest absolute Gasteiger partial charge is 0.270 e. The van der Waals surface area contributed by atoms with Gasteiger partial charge in [0.1, 0.15) is 5.75 Å². The number of nitrogens with zero attached hydrogens (tertiary/aromatic N) is 1. The normalized spacial score (nSPS) is 15.9. The van der Waals surface area contributed by atoms with E-state index in [1.165, 1.54) is 34.9 Å². The van der Waals surface area contributed by atoms with E-state index in [1.807, 2.05) is 6.92 Å². The molecule has 1 aliphatic rings. The van der Waals surface area contributed by atoms with E-state index in [-0.39, 0.29) is 17.4 Å². The fourth-order valence-corrected chi connectivity index (χ4v) is 3.66. The van der Waals surface area contributed by atoms with Crippen LogP contribution in [0.15, 0.2) is 47.4 Å². The Labute approximate surface area is 154 Å².